The molecule has 0 unspecified atom stereocenters. The van der Waals surface area contributed by atoms with Crippen LogP contribution in [0.15, 0.2) is 36.4 Å². The number of imidazole rings is 1. The minimum absolute atomic E-state index is 0.220. The molecule has 0 fully saturated rings. The predicted molar refractivity (Wildman–Crippen MR) is 96.4 cm³/mol. The van der Waals surface area contributed by atoms with Crippen LogP contribution in [0.4, 0.5) is 11.6 Å². The lowest BCUT2D eigenvalue weighted by molar-refractivity contribution is -0.139. The second-order valence-corrected chi connectivity index (χ2v) is 6.09. The number of methoxy groups -OCH3 is 1. The zero-order chi connectivity index (χ0) is 18.4. The van der Waals surface area contributed by atoms with Crippen molar-refractivity contribution in [2.24, 2.45) is 0 Å². The third-order valence-electron chi connectivity index (χ3n) is 4.35. The summed E-state index contributed by atoms with van der Waals surface area (Å²) in [6, 6.07) is 11.2. The highest BCUT2D eigenvalue weighted by molar-refractivity contribution is 5.83. The van der Waals surface area contributed by atoms with Gasteiger partial charge in [-0.1, -0.05) is 12.1 Å². The summed E-state index contributed by atoms with van der Waals surface area (Å²) >= 11 is 0. The lowest BCUT2D eigenvalue weighted by Crippen LogP contribution is -2.04. The first-order chi connectivity index (χ1) is 13.2. The molecule has 1 aliphatic heterocycles. The fourth-order valence-corrected chi connectivity index (χ4v) is 3.01. The number of esters is 1. The second-order valence-electron chi connectivity index (χ2n) is 6.09. The first-order valence-corrected chi connectivity index (χ1v) is 8.30. The van der Waals surface area contributed by atoms with Gasteiger partial charge in [-0.15, -0.1) is 0 Å². The number of aromatic amines is 1. The van der Waals surface area contributed by atoms with Gasteiger partial charge in [0.05, 0.1) is 24.6 Å². The van der Waals surface area contributed by atoms with Crippen molar-refractivity contribution in [2.75, 3.05) is 19.2 Å². The van der Waals surface area contributed by atoms with Gasteiger partial charge in [-0.25, -0.2) is 9.50 Å². The standard InChI is InChI=1S/C18H15N5O4/c1-25-16(24)6-10-2-4-11(5-3-10)19-17-21-18-20-12-7-14-15(27-9-26-14)8-13(12)23(18)22-17/h2-5,7-8H,6,9H2,1H3,(H2,19,20,21,22). The van der Waals surface area contributed by atoms with Crippen LogP contribution >= 0.6 is 0 Å². The number of ether oxygens (including phenoxy) is 3. The highest BCUT2D eigenvalue weighted by Crippen LogP contribution is 2.36. The summed E-state index contributed by atoms with van der Waals surface area (Å²) in [6.45, 7) is 0.220. The summed E-state index contributed by atoms with van der Waals surface area (Å²) in [7, 11) is 1.38. The summed E-state index contributed by atoms with van der Waals surface area (Å²) in [5, 5.41) is 6.37. The van der Waals surface area contributed by atoms with Crippen molar-refractivity contribution in [1.82, 2.24) is 19.6 Å². The third-order valence-corrected chi connectivity index (χ3v) is 4.35. The van der Waals surface area contributed by atoms with Crippen LogP contribution in [0, 0.1) is 0 Å². The Bertz CT molecular complexity index is 1160. The monoisotopic (exact) mass is 365 g/mol. The van der Waals surface area contributed by atoms with Gasteiger partial charge in [0.2, 0.25) is 12.7 Å². The van der Waals surface area contributed by atoms with Gasteiger partial charge in [-0.3, -0.25) is 9.89 Å². The molecule has 2 N–H and O–H groups in total. The van der Waals surface area contributed by atoms with Crippen molar-refractivity contribution in [3.8, 4) is 11.5 Å². The number of rotatable bonds is 4. The number of anilines is 2. The molecule has 0 spiro atoms. The predicted octanol–water partition coefficient (Wildman–Crippen LogP) is 2.40. The van der Waals surface area contributed by atoms with E-state index in [1.54, 1.807) is 4.52 Å². The number of hydrogen-bond acceptors (Lipinski definition) is 7. The van der Waals surface area contributed by atoms with Crippen LogP contribution in [0.25, 0.3) is 16.8 Å². The maximum absolute atomic E-state index is 11.3. The van der Waals surface area contributed by atoms with E-state index >= 15 is 0 Å². The zero-order valence-electron chi connectivity index (χ0n) is 14.4. The Morgan fingerprint density at radius 2 is 2.00 bits per heavy atom. The SMILES string of the molecule is COC(=O)Cc1ccc(Nc2nc3nc4cc5c(cc4n3[nH]2)OCO5)cc1. The number of nitrogens with zero attached hydrogens (tertiary/aromatic N) is 3. The van der Waals surface area contributed by atoms with E-state index in [-0.39, 0.29) is 19.2 Å². The first kappa shape index (κ1) is 15.5. The molecule has 0 saturated carbocycles. The molecular weight excluding hydrogens is 350 g/mol. The molecule has 0 amide bonds. The van der Waals surface area contributed by atoms with Gasteiger partial charge in [0.25, 0.3) is 5.78 Å². The number of benzene rings is 2. The van der Waals surface area contributed by atoms with Crippen molar-refractivity contribution in [3.63, 3.8) is 0 Å². The molecule has 3 heterocycles. The number of nitrogens with one attached hydrogen (secondary N) is 2. The van der Waals surface area contributed by atoms with E-state index in [0.717, 1.165) is 22.3 Å². The zero-order valence-corrected chi connectivity index (χ0v) is 14.4. The maximum Gasteiger partial charge on any atom is 0.309 e. The number of H-pyrrole nitrogens is 1. The lowest BCUT2D eigenvalue weighted by Gasteiger charge is -2.04. The summed E-state index contributed by atoms with van der Waals surface area (Å²) in [6.07, 6.45) is 0.244. The third kappa shape index (κ3) is 2.69. The smallest absolute Gasteiger partial charge is 0.309 e. The molecule has 27 heavy (non-hydrogen) atoms. The Kier molecular flexibility index (Phi) is 3.39. The number of hydrogen-bond donors (Lipinski definition) is 2. The van der Waals surface area contributed by atoms with E-state index in [9.17, 15) is 4.79 Å². The Labute approximate surface area is 152 Å². The van der Waals surface area contributed by atoms with Crippen LogP contribution in [0.3, 0.4) is 0 Å². The van der Waals surface area contributed by atoms with Crippen LogP contribution < -0.4 is 14.8 Å². The van der Waals surface area contributed by atoms with E-state index in [0.29, 0.717) is 23.2 Å². The molecule has 5 rings (SSSR count). The molecule has 0 saturated heterocycles. The summed E-state index contributed by atoms with van der Waals surface area (Å²) < 4.78 is 17.3. The molecular formula is C18H15N5O4. The van der Waals surface area contributed by atoms with Crippen LogP contribution in [0.1, 0.15) is 5.56 Å². The minimum atomic E-state index is -0.268. The number of carbonyl (C=O) groups excluding carboxylic acids is 1. The topological polar surface area (TPSA) is 103 Å². The molecule has 2 aromatic heterocycles. The fourth-order valence-electron chi connectivity index (χ4n) is 3.01. The molecule has 0 atom stereocenters. The Hall–Kier alpha value is -3.75. The lowest BCUT2D eigenvalue weighted by atomic mass is 10.1. The summed E-state index contributed by atoms with van der Waals surface area (Å²) in [5.74, 6) is 2.20. The van der Waals surface area contributed by atoms with Crippen molar-refractivity contribution in [3.05, 3.63) is 42.0 Å². The van der Waals surface area contributed by atoms with E-state index in [1.807, 2.05) is 36.4 Å². The molecule has 9 heteroatoms. The molecule has 0 bridgehead atoms. The molecule has 9 nitrogen and oxygen atoms in total. The Balaban J connectivity index is 1.41. The van der Waals surface area contributed by atoms with E-state index in [4.69, 9.17) is 9.47 Å². The highest BCUT2D eigenvalue weighted by Gasteiger charge is 2.18. The first-order valence-electron chi connectivity index (χ1n) is 8.30. The highest BCUT2D eigenvalue weighted by atomic mass is 16.7. The van der Waals surface area contributed by atoms with Gasteiger partial charge < -0.3 is 19.5 Å². The van der Waals surface area contributed by atoms with Crippen LogP contribution in [0.2, 0.25) is 0 Å². The van der Waals surface area contributed by atoms with Crippen LogP contribution in [0.5, 0.6) is 11.5 Å². The van der Waals surface area contributed by atoms with Gasteiger partial charge in [0.15, 0.2) is 11.5 Å². The van der Waals surface area contributed by atoms with E-state index in [2.05, 4.69) is 25.1 Å². The molecule has 4 aromatic rings. The van der Waals surface area contributed by atoms with Crippen molar-refractivity contribution in [2.45, 2.75) is 6.42 Å². The number of fused-ring (bicyclic) bond motifs is 4. The number of carbonyl (C=O) groups is 1. The summed E-state index contributed by atoms with van der Waals surface area (Å²) in [5.41, 5.74) is 3.34. The molecule has 136 valence electrons. The minimum Gasteiger partial charge on any atom is -0.469 e. The molecule has 0 aliphatic carbocycles. The molecule has 1 aliphatic rings. The molecule has 0 radical (unpaired) electrons. The van der Waals surface area contributed by atoms with Gasteiger partial charge in [-0.2, -0.15) is 4.98 Å². The van der Waals surface area contributed by atoms with Gasteiger partial charge in [-0.05, 0) is 17.7 Å². The van der Waals surface area contributed by atoms with Crippen LogP contribution in [-0.2, 0) is 16.0 Å². The van der Waals surface area contributed by atoms with Gasteiger partial charge >= 0.3 is 5.97 Å². The Morgan fingerprint density at radius 1 is 1.22 bits per heavy atom. The number of aromatic nitrogens is 4. The average molecular weight is 365 g/mol. The maximum atomic E-state index is 11.3. The van der Waals surface area contributed by atoms with Crippen molar-refractivity contribution < 1.29 is 19.0 Å². The quantitative estimate of drug-likeness (QED) is 0.535. The Morgan fingerprint density at radius 3 is 2.78 bits per heavy atom. The van der Waals surface area contributed by atoms with E-state index in [1.165, 1.54) is 7.11 Å². The van der Waals surface area contributed by atoms with Crippen LogP contribution in [-0.4, -0.2) is 39.5 Å². The van der Waals surface area contributed by atoms with Gasteiger partial charge in [0, 0.05) is 17.8 Å². The second kappa shape index (κ2) is 5.90. The normalized spacial score (nSPS) is 12.6. The summed E-state index contributed by atoms with van der Waals surface area (Å²) in [4.78, 5) is 20.3. The van der Waals surface area contributed by atoms with Crippen molar-refractivity contribution in [1.29, 1.82) is 0 Å². The van der Waals surface area contributed by atoms with Gasteiger partial charge in [0.1, 0.15) is 0 Å². The molecule has 2 aromatic carbocycles. The fraction of sp³-hybridized carbons (Fsp3) is 0.167. The van der Waals surface area contributed by atoms with Crippen molar-refractivity contribution >= 4 is 34.4 Å². The van der Waals surface area contributed by atoms with E-state index < -0.39 is 0 Å². The largest absolute Gasteiger partial charge is 0.469 e. The average Bonchev–Trinajstić information content (AvgIpc) is 3.35.